The molecule has 1 amide bonds. The minimum Gasteiger partial charge on any atom is -0.450 e. The van der Waals surface area contributed by atoms with Gasteiger partial charge >= 0.3 is 0 Å². The Balaban J connectivity index is 1.84. The van der Waals surface area contributed by atoms with E-state index in [4.69, 9.17) is 4.42 Å². The van der Waals surface area contributed by atoms with Crippen LogP contribution in [-0.2, 0) is 0 Å². The largest absolute Gasteiger partial charge is 0.450 e. The van der Waals surface area contributed by atoms with Gasteiger partial charge in [0.15, 0.2) is 5.43 Å². The zero-order valence-electron chi connectivity index (χ0n) is 16.0. The van der Waals surface area contributed by atoms with E-state index in [2.05, 4.69) is 15.2 Å². The van der Waals surface area contributed by atoms with Gasteiger partial charge in [-0.1, -0.05) is 17.4 Å². The van der Waals surface area contributed by atoms with Crippen LogP contribution in [0, 0.1) is 20.8 Å². The maximum atomic E-state index is 13.5. The lowest BCUT2D eigenvalue weighted by molar-refractivity contribution is 0.0970. The molecule has 0 N–H and O–H groups in total. The van der Waals surface area contributed by atoms with Crippen LogP contribution in [0.3, 0.4) is 0 Å². The highest BCUT2D eigenvalue weighted by molar-refractivity contribution is 7.15. The van der Waals surface area contributed by atoms with Gasteiger partial charge in [0.2, 0.25) is 10.9 Å². The highest BCUT2D eigenvalue weighted by Crippen LogP contribution is 2.41. The standard InChI is InChI=1S/C21H16N4O3S/c1-10-7-14-15(8-11(10)2)28-19-16(18(14)26)17(13-5-4-6-22-9-13)25(20(19)27)21-24-23-12(3)29-21/h4-9,17H,1-3H3. The molecule has 0 aliphatic carbocycles. The van der Waals surface area contributed by atoms with Crippen LogP contribution in [0.25, 0.3) is 11.0 Å². The van der Waals surface area contributed by atoms with E-state index in [1.165, 1.54) is 16.2 Å². The van der Waals surface area contributed by atoms with Gasteiger partial charge in [-0.3, -0.25) is 19.5 Å². The average Bonchev–Trinajstić information content (AvgIpc) is 3.26. The molecule has 144 valence electrons. The molecule has 5 rings (SSSR count). The van der Waals surface area contributed by atoms with Crippen LogP contribution in [0.2, 0.25) is 0 Å². The summed E-state index contributed by atoms with van der Waals surface area (Å²) in [6.45, 7) is 5.71. The Hall–Kier alpha value is -3.39. The molecule has 1 aliphatic heterocycles. The second kappa shape index (κ2) is 6.31. The Morgan fingerprint density at radius 3 is 2.59 bits per heavy atom. The van der Waals surface area contributed by atoms with Gasteiger partial charge < -0.3 is 4.42 Å². The van der Waals surface area contributed by atoms with E-state index in [9.17, 15) is 9.59 Å². The molecule has 0 fully saturated rings. The Morgan fingerprint density at radius 1 is 1.10 bits per heavy atom. The summed E-state index contributed by atoms with van der Waals surface area (Å²) in [6.07, 6.45) is 3.30. The minimum atomic E-state index is -0.666. The van der Waals surface area contributed by atoms with Crippen LogP contribution < -0.4 is 10.3 Å². The molecule has 7 nitrogen and oxygen atoms in total. The maximum Gasteiger partial charge on any atom is 0.297 e. The molecule has 1 aromatic carbocycles. The number of nitrogens with zero attached hydrogens (tertiary/aromatic N) is 4. The Kier molecular flexibility index (Phi) is 3.85. The molecule has 1 unspecified atom stereocenters. The normalized spacial score (nSPS) is 15.9. The zero-order chi connectivity index (χ0) is 20.3. The van der Waals surface area contributed by atoms with Crippen LogP contribution in [0.15, 0.2) is 45.9 Å². The molecule has 0 saturated heterocycles. The van der Waals surface area contributed by atoms with Gasteiger partial charge in [-0.15, -0.1) is 10.2 Å². The number of anilines is 1. The molecule has 0 saturated carbocycles. The van der Waals surface area contributed by atoms with Crippen molar-refractivity contribution in [2.45, 2.75) is 26.8 Å². The van der Waals surface area contributed by atoms with Crippen molar-refractivity contribution in [3.05, 3.63) is 79.9 Å². The molecule has 1 atom stereocenters. The minimum absolute atomic E-state index is 0.0486. The van der Waals surface area contributed by atoms with Crippen LogP contribution in [0.1, 0.15) is 43.9 Å². The lowest BCUT2D eigenvalue weighted by Gasteiger charge is -2.21. The molecule has 29 heavy (non-hydrogen) atoms. The number of aryl methyl sites for hydroxylation is 3. The van der Waals surface area contributed by atoms with Gasteiger partial charge in [-0.25, -0.2) is 0 Å². The predicted molar refractivity (Wildman–Crippen MR) is 109 cm³/mol. The summed E-state index contributed by atoms with van der Waals surface area (Å²) in [5.74, 6) is -0.352. The van der Waals surface area contributed by atoms with Crippen molar-refractivity contribution < 1.29 is 9.21 Å². The third-order valence-corrected chi connectivity index (χ3v) is 6.05. The van der Waals surface area contributed by atoms with E-state index in [1.54, 1.807) is 24.5 Å². The van der Waals surface area contributed by atoms with Gasteiger partial charge in [0.05, 0.1) is 17.0 Å². The Morgan fingerprint density at radius 2 is 1.90 bits per heavy atom. The number of amides is 1. The summed E-state index contributed by atoms with van der Waals surface area (Å²) in [6, 6.07) is 6.57. The fourth-order valence-corrected chi connectivity index (χ4v) is 4.38. The van der Waals surface area contributed by atoms with Crippen LogP contribution in [0.5, 0.6) is 0 Å². The zero-order valence-corrected chi connectivity index (χ0v) is 16.8. The number of carbonyl (C=O) groups excluding carboxylic acids is 1. The van der Waals surface area contributed by atoms with E-state index in [0.717, 1.165) is 16.1 Å². The molecular formula is C21H16N4O3S. The van der Waals surface area contributed by atoms with Gasteiger partial charge in [-0.05, 0) is 55.7 Å². The van der Waals surface area contributed by atoms with Gasteiger partial charge in [-0.2, -0.15) is 0 Å². The van der Waals surface area contributed by atoms with E-state index in [0.29, 0.717) is 27.2 Å². The second-order valence-corrected chi connectivity index (χ2v) is 8.23. The molecule has 0 radical (unpaired) electrons. The summed E-state index contributed by atoms with van der Waals surface area (Å²) < 4.78 is 5.99. The van der Waals surface area contributed by atoms with E-state index in [-0.39, 0.29) is 11.2 Å². The summed E-state index contributed by atoms with van der Waals surface area (Å²) in [7, 11) is 0. The van der Waals surface area contributed by atoms with Crippen molar-refractivity contribution in [1.82, 2.24) is 15.2 Å². The van der Waals surface area contributed by atoms with Crippen molar-refractivity contribution in [3.8, 4) is 0 Å². The van der Waals surface area contributed by atoms with Crippen molar-refractivity contribution >= 4 is 33.3 Å². The molecule has 0 bridgehead atoms. The lowest BCUT2D eigenvalue weighted by Crippen LogP contribution is -2.29. The molecule has 8 heteroatoms. The van der Waals surface area contributed by atoms with Crippen molar-refractivity contribution in [2.75, 3.05) is 4.90 Å². The summed E-state index contributed by atoms with van der Waals surface area (Å²) >= 11 is 1.29. The summed E-state index contributed by atoms with van der Waals surface area (Å²) in [4.78, 5) is 32.5. The smallest absolute Gasteiger partial charge is 0.297 e. The fourth-order valence-electron chi connectivity index (χ4n) is 3.66. The summed E-state index contributed by atoms with van der Waals surface area (Å²) in [5, 5.41) is 9.79. The predicted octanol–water partition coefficient (Wildman–Crippen LogP) is 3.71. The first-order valence-electron chi connectivity index (χ1n) is 9.07. The number of hydrogen-bond donors (Lipinski definition) is 0. The molecule has 4 heterocycles. The van der Waals surface area contributed by atoms with E-state index < -0.39 is 11.9 Å². The first-order chi connectivity index (χ1) is 14.0. The fraction of sp³-hybridized carbons (Fsp3) is 0.190. The van der Waals surface area contributed by atoms with Gasteiger partial charge in [0.1, 0.15) is 10.6 Å². The number of carbonyl (C=O) groups is 1. The molecule has 3 aromatic heterocycles. The monoisotopic (exact) mass is 404 g/mol. The first-order valence-corrected chi connectivity index (χ1v) is 9.89. The SMILES string of the molecule is Cc1nnc(N2C(=O)c3oc4cc(C)c(C)cc4c(=O)c3C2c2cccnc2)s1. The Bertz CT molecular complexity index is 1340. The van der Waals surface area contributed by atoms with Crippen LogP contribution >= 0.6 is 11.3 Å². The van der Waals surface area contributed by atoms with Gasteiger partial charge in [0.25, 0.3) is 5.91 Å². The highest BCUT2D eigenvalue weighted by Gasteiger charge is 2.45. The van der Waals surface area contributed by atoms with Gasteiger partial charge in [0, 0.05) is 12.4 Å². The van der Waals surface area contributed by atoms with Crippen LogP contribution in [0.4, 0.5) is 5.13 Å². The third-order valence-electron chi connectivity index (χ3n) is 5.21. The number of hydrogen-bond acceptors (Lipinski definition) is 7. The molecule has 4 aromatic rings. The maximum absolute atomic E-state index is 13.5. The Labute approximate surface area is 169 Å². The summed E-state index contributed by atoms with van der Waals surface area (Å²) in [5.41, 5.74) is 3.20. The first kappa shape index (κ1) is 17.7. The number of benzene rings is 1. The average molecular weight is 404 g/mol. The van der Waals surface area contributed by atoms with E-state index in [1.807, 2.05) is 32.9 Å². The third kappa shape index (κ3) is 2.60. The molecule has 0 spiro atoms. The number of fused-ring (bicyclic) bond motifs is 2. The topological polar surface area (TPSA) is 89.2 Å². The molecular weight excluding hydrogens is 388 g/mol. The van der Waals surface area contributed by atoms with Crippen molar-refractivity contribution in [1.29, 1.82) is 0 Å². The quantitative estimate of drug-likeness (QED) is 0.506. The van der Waals surface area contributed by atoms with E-state index >= 15 is 0 Å². The lowest BCUT2D eigenvalue weighted by atomic mass is 9.99. The number of aromatic nitrogens is 3. The second-order valence-electron chi connectivity index (χ2n) is 7.07. The number of rotatable bonds is 2. The van der Waals surface area contributed by atoms with Crippen molar-refractivity contribution in [2.24, 2.45) is 0 Å². The molecule has 1 aliphatic rings. The highest BCUT2D eigenvalue weighted by atomic mass is 32.1. The van der Waals surface area contributed by atoms with Crippen molar-refractivity contribution in [3.63, 3.8) is 0 Å². The number of pyridine rings is 1. The van der Waals surface area contributed by atoms with Crippen LogP contribution in [-0.4, -0.2) is 21.1 Å².